The topological polar surface area (TPSA) is 42.7 Å². The molecule has 0 saturated carbocycles. The van der Waals surface area contributed by atoms with E-state index < -0.39 is 0 Å². The van der Waals surface area contributed by atoms with Gasteiger partial charge in [-0.05, 0) is 24.1 Å². The number of nitrogens with zero attached hydrogens (tertiary/aromatic N) is 3. The van der Waals surface area contributed by atoms with Crippen LogP contribution in [0, 0.1) is 5.82 Å². The number of aromatic nitrogens is 3. The van der Waals surface area contributed by atoms with Gasteiger partial charge in [-0.25, -0.2) is 4.39 Å². The third-order valence-electron chi connectivity index (χ3n) is 2.86. The van der Waals surface area contributed by atoms with Crippen molar-refractivity contribution in [3.05, 3.63) is 48.0 Å². The van der Waals surface area contributed by atoms with Crippen molar-refractivity contribution in [2.75, 3.05) is 6.54 Å². The predicted octanol–water partition coefficient (Wildman–Crippen LogP) is 2.16. The number of halogens is 1. The largest absolute Gasteiger partial charge is 0.308 e. The zero-order chi connectivity index (χ0) is 12.8. The van der Waals surface area contributed by atoms with E-state index in [1.165, 1.54) is 6.07 Å². The minimum absolute atomic E-state index is 0.171. The molecule has 0 amide bonds. The Labute approximate surface area is 106 Å². The molecule has 0 aliphatic rings. The minimum Gasteiger partial charge on any atom is -0.308 e. The third-order valence-corrected chi connectivity index (χ3v) is 2.86. The van der Waals surface area contributed by atoms with E-state index in [-0.39, 0.29) is 11.9 Å². The van der Waals surface area contributed by atoms with Crippen LogP contribution in [0.3, 0.4) is 0 Å². The third kappa shape index (κ3) is 3.37. The van der Waals surface area contributed by atoms with Crippen molar-refractivity contribution >= 4 is 0 Å². The van der Waals surface area contributed by atoms with Crippen molar-refractivity contribution in [1.82, 2.24) is 20.3 Å². The Morgan fingerprint density at radius 1 is 1.44 bits per heavy atom. The Kier molecular flexibility index (Phi) is 4.41. The highest BCUT2D eigenvalue weighted by molar-refractivity contribution is 5.19. The summed E-state index contributed by atoms with van der Waals surface area (Å²) in [5.41, 5.74) is 0.982. The highest BCUT2D eigenvalue weighted by atomic mass is 19.1. The molecule has 5 heteroatoms. The summed E-state index contributed by atoms with van der Waals surface area (Å²) >= 11 is 0. The van der Waals surface area contributed by atoms with Gasteiger partial charge in [0.1, 0.15) is 5.82 Å². The fourth-order valence-corrected chi connectivity index (χ4v) is 1.93. The molecule has 0 aliphatic heterocycles. The van der Waals surface area contributed by atoms with Crippen LogP contribution < -0.4 is 5.32 Å². The average molecular weight is 248 g/mol. The molecule has 0 fully saturated rings. The second kappa shape index (κ2) is 6.26. The summed E-state index contributed by atoms with van der Waals surface area (Å²) in [6.07, 6.45) is 4.40. The van der Waals surface area contributed by atoms with Crippen LogP contribution in [0.2, 0.25) is 0 Å². The molecular formula is C13H17FN4. The molecule has 1 atom stereocenters. The molecule has 4 nitrogen and oxygen atoms in total. The van der Waals surface area contributed by atoms with Gasteiger partial charge in [-0.2, -0.15) is 0 Å². The molecule has 1 heterocycles. The van der Waals surface area contributed by atoms with Gasteiger partial charge in [-0.15, -0.1) is 5.10 Å². The summed E-state index contributed by atoms with van der Waals surface area (Å²) in [6.45, 7) is 3.61. The van der Waals surface area contributed by atoms with E-state index in [4.69, 9.17) is 0 Å². The molecule has 1 aromatic heterocycles. The lowest BCUT2D eigenvalue weighted by molar-refractivity contribution is 0.469. The molecule has 96 valence electrons. The minimum atomic E-state index is -0.191. The molecule has 18 heavy (non-hydrogen) atoms. The van der Waals surface area contributed by atoms with Crippen LogP contribution in [0.25, 0.3) is 0 Å². The van der Waals surface area contributed by atoms with Gasteiger partial charge in [0.25, 0.3) is 0 Å². The van der Waals surface area contributed by atoms with Crippen LogP contribution in [0.15, 0.2) is 36.7 Å². The molecule has 2 aromatic rings. The molecule has 1 unspecified atom stereocenters. The van der Waals surface area contributed by atoms with Gasteiger partial charge in [0.15, 0.2) is 0 Å². The number of benzene rings is 1. The lowest BCUT2D eigenvalue weighted by atomic mass is 10.0. The first-order chi connectivity index (χ1) is 8.79. The van der Waals surface area contributed by atoms with Gasteiger partial charge < -0.3 is 5.32 Å². The summed E-state index contributed by atoms with van der Waals surface area (Å²) in [5.74, 6) is -0.191. The van der Waals surface area contributed by atoms with Crippen LogP contribution in [0.5, 0.6) is 0 Å². The SMILES string of the molecule is CCC(NCCn1ccnn1)c1cccc(F)c1. The van der Waals surface area contributed by atoms with E-state index in [2.05, 4.69) is 22.6 Å². The van der Waals surface area contributed by atoms with Gasteiger partial charge >= 0.3 is 0 Å². The van der Waals surface area contributed by atoms with Gasteiger partial charge in [0.05, 0.1) is 12.7 Å². The molecule has 1 N–H and O–H groups in total. The molecule has 2 rings (SSSR count). The maximum absolute atomic E-state index is 13.2. The van der Waals surface area contributed by atoms with Gasteiger partial charge in [-0.3, -0.25) is 4.68 Å². The van der Waals surface area contributed by atoms with E-state index in [0.29, 0.717) is 0 Å². The highest BCUT2D eigenvalue weighted by Gasteiger charge is 2.08. The van der Waals surface area contributed by atoms with Crippen molar-refractivity contribution in [1.29, 1.82) is 0 Å². The molecule has 0 aliphatic carbocycles. The first kappa shape index (κ1) is 12.7. The van der Waals surface area contributed by atoms with E-state index in [1.54, 1.807) is 23.0 Å². The maximum atomic E-state index is 13.2. The van der Waals surface area contributed by atoms with Gasteiger partial charge in [-0.1, -0.05) is 24.3 Å². The van der Waals surface area contributed by atoms with Crippen molar-refractivity contribution in [2.24, 2.45) is 0 Å². The summed E-state index contributed by atoms with van der Waals surface area (Å²) in [4.78, 5) is 0. The first-order valence-electron chi connectivity index (χ1n) is 6.12. The Hall–Kier alpha value is -1.75. The Morgan fingerprint density at radius 2 is 2.33 bits per heavy atom. The lowest BCUT2D eigenvalue weighted by Crippen LogP contribution is -2.25. The van der Waals surface area contributed by atoms with E-state index >= 15 is 0 Å². The molecule has 0 bridgehead atoms. The normalized spacial score (nSPS) is 12.6. The second-order valence-electron chi connectivity index (χ2n) is 4.14. The van der Waals surface area contributed by atoms with E-state index in [0.717, 1.165) is 25.1 Å². The second-order valence-corrected chi connectivity index (χ2v) is 4.14. The van der Waals surface area contributed by atoms with Crippen molar-refractivity contribution in [2.45, 2.75) is 25.9 Å². The van der Waals surface area contributed by atoms with Gasteiger partial charge in [0.2, 0.25) is 0 Å². The molecule has 0 spiro atoms. The van der Waals surface area contributed by atoms with Crippen molar-refractivity contribution in [3.8, 4) is 0 Å². The quantitative estimate of drug-likeness (QED) is 0.851. The van der Waals surface area contributed by atoms with Crippen LogP contribution in [-0.4, -0.2) is 21.5 Å². The summed E-state index contributed by atoms with van der Waals surface area (Å²) in [7, 11) is 0. The Morgan fingerprint density at radius 3 is 3.00 bits per heavy atom. The zero-order valence-electron chi connectivity index (χ0n) is 10.4. The smallest absolute Gasteiger partial charge is 0.123 e. The average Bonchev–Trinajstić information content (AvgIpc) is 2.88. The summed E-state index contributed by atoms with van der Waals surface area (Å²) in [5, 5.41) is 11.0. The first-order valence-corrected chi connectivity index (χ1v) is 6.12. The lowest BCUT2D eigenvalue weighted by Gasteiger charge is -2.17. The highest BCUT2D eigenvalue weighted by Crippen LogP contribution is 2.17. The Balaban J connectivity index is 1.89. The van der Waals surface area contributed by atoms with Crippen LogP contribution >= 0.6 is 0 Å². The number of rotatable bonds is 6. The standard InChI is InChI=1S/C13H17FN4/c1-2-13(11-4-3-5-12(14)10-11)15-6-8-18-9-7-16-17-18/h3-5,7,9-10,13,15H,2,6,8H2,1H3. The maximum Gasteiger partial charge on any atom is 0.123 e. The molecule has 0 radical (unpaired) electrons. The zero-order valence-corrected chi connectivity index (χ0v) is 10.4. The summed E-state index contributed by atoms with van der Waals surface area (Å²) < 4.78 is 14.9. The van der Waals surface area contributed by atoms with Crippen LogP contribution in [-0.2, 0) is 6.54 Å². The van der Waals surface area contributed by atoms with Crippen molar-refractivity contribution < 1.29 is 4.39 Å². The fourth-order valence-electron chi connectivity index (χ4n) is 1.93. The van der Waals surface area contributed by atoms with E-state index in [9.17, 15) is 4.39 Å². The predicted molar refractivity (Wildman–Crippen MR) is 67.5 cm³/mol. The van der Waals surface area contributed by atoms with Gasteiger partial charge in [0, 0.05) is 18.8 Å². The van der Waals surface area contributed by atoms with Crippen LogP contribution in [0.4, 0.5) is 4.39 Å². The fraction of sp³-hybridized carbons (Fsp3) is 0.385. The number of nitrogens with one attached hydrogen (secondary N) is 1. The van der Waals surface area contributed by atoms with Crippen molar-refractivity contribution in [3.63, 3.8) is 0 Å². The molecular weight excluding hydrogens is 231 g/mol. The summed E-state index contributed by atoms with van der Waals surface area (Å²) in [6, 6.07) is 6.90. The van der Waals surface area contributed by atoms with Crippen LogP contribution in [0.1, 0.15) is 24.9 Å². The Bertz CT molecular complexity index is 470. The number of hydrogen-bond donors (Lipinski definition) is 1. The van der Waals surface area contributed by atoms with E-state index in [1.807, 2.05) is 12.3 Å². The monoisotopic (exact) mass is 248 g/mol. The number of hydrogen-bond acceptors (Lipinski definition) is 3. The molecule has 1 aromatic carbocycles. The molecule has 0 saturated heterocycles.